The minimum Gasteiger partial charge on any atom is -0.336 e. The van der Waals surface area contributed by atoms with Gasteiger partial charge < -0.3 is 9.47 Å². The molecular formula is C31H27ClN4O3S. The third-order valence-corrected chi connectivity index (χ3v) is 9.44. The van der Waals surface area contributed by atoms with E-state index < -0.39 is 16.1 Å². The van der Waals surface area contributed by atoms with Crippen LogP contribution in [0.1, 0.15) is 11.1 Å². The van der Waals surface area contributed by atoms with Gasteiger partial charge in [-0.05, 0) is 64.7 Å². The number of piperazine rings is 1. The number of carbonyl (C=O) groups is 1. The first kappa shape index (κ1) is 26.3. The predicted molar refractivity (Wildman–Crippen MR) is 156 cm³/mol. The van der Waals surface area contributed by atoms with Gasteiger partial charge in [0.1, 0.15) is 6.04 Å². The number of hydrogen-bond donors (Lipinski definition) is 0. The van der Waals surface area contributed by atoms with Gasteiger partial charge >= 0.3 is 0 Å². The number of sulfonamides is 1. The van der Waals surface area contributed by atoms with Crippen LogP contribution < -0.4 is 0 Å². The third kappa shape index (κ3) is 5.25. The minimum absolute atomic E-state index is 0.164. The summed E-state index contributed by atoms with van der Waals surface area (Å²) in [4.78, 5) is 19.9. The van der Waals surface area contributed by atoms with Crippen LogP contribution >= 0.6 is 11.6 Å². The SMILES string of the molecule is O=C1[C@H](Cc2ccccc2)N(S(=O)(=O)c2ccc3cc(Cl)ccc3c2)CCN1Cc1ccc(-n2ccnc2)cc1. The monoisotopic (exact) mass is 570 g/mol. The maximum Gasteiger partial charge on any atom is 0.243 e. The smallest absolute Gasteiger partial charge is 0.243 e. The van der Waals surface area contributed by atoms with E-state index in [-0.39, 0.29) is 23.8 Å². The van der Waals surface area contributed by atoms with E-state index in [1.807, 2.05) is 65.4 Å². The highest BCUT2D eigenvalue weighted by molar-refractivity contribution is 7.89. The lowest BCUT2D eigenvalue weighted by Crippen LogP contribution is -2.59. The lowest BCUT2D eigenvalue weighted by Gasteiger charge is -2.40. The number of hydrogen-bond acceptors (Lipinski definition) is 4. The summed E-state index contributed by atoms with van der Waals surface area (Å²) in [7, 11) is -3.95. The largest absolute Gasteiger partial charge is 0.336 e. The Hall–Kier alpha value is -3.98. The first-order valence-corrected chi connectivity index (χ1v) is 14.8. The normalized spacial score (nSPS) is 16.5. The number of halogens is 1. The van der Waals surface area contributed by atoms with Gasteiger partial charge in [0.15, 0.2) is 0 Å². The molecule has 0 unspecified atom stereocenters. The lowest BCUT2D eigenvalue weighted by atomic mass is 10.0. The molecule has 1 aliphatic heterocycles. The molecule has 7 nitrogen and oxygen atoms in total. The number of fused-ring (bicyclic) bond motifs is 1. The number of aromatic nitrogens is 2. The molecule has 1 saturated heterocycles. The fourth-order valence-electron chi connectivity index (χ4n) is 5.19. The zero-order chi connectivity index (χ0) is 27.7. The summed E-state index contributed by atoms with van der Waals surface area (Å²) in [6.45, 7) is 0.909. The Morgan fingerprint density at radius 1 is 0.850 bits per heavy atom. The summed E-state index contributed by atoms with van der Waals surface area (Å²) in [6.07, 6.45) is 5.62. The van der Waals surface area contributed by atoms with Gasteiger partial charge in [0.2, 0.25) is 15.9 Å². The average Bonchev–Trinajstić information content (AvgIpc) is 3.51. The van der Waals surface area contributed by atoms with Crippen molar-refractivity contribution in [1.29, 1.82) is 0 Å². The molecule has 0 saturated carbocycles. The molecule has 9 heteroatoms. The molecule has 1 fully saturated rings. The van der Waals surface area contributed by atoms with Gasteiger partial charge in [0, 0.05) is 42.7 Å². The Kier molecular flexibility index (Phi) is 7.14. The van der Waals surface area contributed by atoms with Crippen LogP contribution in [0.3, 0.4) is 0 Å². The number of carbonyl (C=O) groups excluding carboxylic acids is 1. The Labute approximate surface area is 238 Å². The number of imidazole rings is 1. The fraction of sp³-hybridized carbons (Fsp3) is 0.161. The van der Waals surface area contributed by atoms with Gasteiger partial charge in [-0.2, -0.15) is 4.31 Å². The van der Waals surface area contributed by atoms with Crippen molar-refractivity contribution in [3.8, 4) is 5.69 Å². The van der Waals surface area contributed by atoms with E-state index in [1.54, 1.807) is 53.8 Å². The van der Waals surface area contributed by atoms with E-state index in [2.05, 4.69) is 4.98 Å². The number of amides is 1. The number of nitrogens with zero attached hydrogens (tertiary/aromatic N) is 4. The van der Waals surface area contributed by atoms with Crippen LogP contribution in [0.4, 0.5) is 0 Å². The summed E-state index contributed by atoms with van der Waals surface area (Å²) < 4.78 is 31.2. The third-order valence-electron chi connectivity index (χ3n) is 7.30. The molecule has 1 aromatic heterocycles. The highest BCUT2D eigenvalue weighted by Crippen LogP contribution is 2.29. The zero-order valence-electron chi connectivity index (χ0n) is 21.6. The Balaban J connectivity index is 1.29. The highest BCUT2D eigenvalue weighted by Gasteiger charge is 2.41. The van der Waals surface area contributed by atoms with Crippen molar-refractivity contribution in [2.75, 3.05) is 13.1 Å². The van der Waals surface area contributed by atoms with Crippen LogP contribution in [-0.4, -0.2) is 52.2 Å². The van der Waals surface area contributed by atoms with Crippen LogP contribution in [0.25, 0.3) is 16.5 Å². The standard InChI is InChI=1S/C31H27ClN4O3S/c32-27-10-8-26-20-29(13-9-25(26)19-27)40(38,39)36-17-16-34(31(37)30(36)18-23-4-2-1-3-5-23)21-24-6-11-28(12-7-24)35-15-14-33-22-35/h1-15,19-20,22,30H,16-18,21H2/t30-/m0/s1. The molecule has 1 amide bonds. The molecule has 4 aromatic carbocycles. The summed E-state index contributed by atoms with van der Waals surface area (Å²) in [5, 5.41) is 2.21. The van der Waals surface area contributed by atoms with Crippen LogP contribution in [0, 0.1) is 0 Å². The van der Waals surface area contributed by atoms with Crippen LogP contribution in [-0.2, 0) is 27.8 Å². The molecule has 1 atom stereocenters. The molecule has 1 aliphatic rings. The summed E-state index contributed by atoms with van der Waals surface area (Å²) >= 11 is 6.11. The second-order valence-electron chi connectivity index (χ2n) is 9.87. The minimum atomic E-state index is -3.95. The summed E-state index contributed by atoms with van der Waals surface area (Å²) in [6, 6.07) is 27.0. The lowest BCUT2D eigenvalue weighted by molar-refractivity contribution is -0.139. The molecule has 0 N–H and O–H groups in total. The molecule has 0 spiro atoms. The zero-order valence-corrected chi connectivity index (χ0v) is 23.2. The quantitative estimate of drug-likeness (QED) is 0.265. The van der Waals surface area contributed by atoms with E-state index in [4.69, 9.17) is 11.6 Å². The second kappa shape index (κ2) is 10.9. The van der Waals surface area contributed by atoms with Gasteiger partial charge in [-0.25, -0.2) is 13.4 Å². The number of benzene rings is 4. The van der Waals surface area contributed by atoms with Crippen LogP contribution in [0.15, 0.2) is 115 Å². The molecule has 6 rings (SSSR count). The van der Waals surface area contributed by atoms with E-state index in [0.717, 1.165) is 27.6 Å². The van der Waals surface area contributed by atoms with Crippen molar-refractivity contribution >= 4 is 38.3 Å². The highest BCUT2D eigenvalue weighted by atomic mass is 35.5. The molecule has 0 bridgehead atoms. The van der Waals surface area contributed by atoms with Gasteiger partial charge in [-0.3, -0.25) is 4.79 Å². The van der Waals surface area contributed by atoms with Crippen LogP contribution in [0.2, 0.25) is 5.02 Å². The second-order valence-corrected chi connectivity index (χ2v) is 12.2. The van der Waals surface area contributed by atoms with Gasteiger partial charge in [0.25, 0.3) is 0 Å². The molecule has 5 aromatic rings. The predicted octanol–water partition coefficient (Wildman–Crippen LogP) is 5.32. The molecule has 0 radical (unpaired) electrons. The van der Waals surface area contributed by atoms with Gasteiger partial charge in [-0.15, -0.1) is 0 Å². The van der Waals surface area contributed by atoms with Crippen molar-refractivity contribution < 1.29 is 13.2 Å². The molecule has 202 valence electrons. The fourth-order valence-corrected chi connectivity index (χ4v) is 6.98. The summed E-state index contributed by atoms with van der Waals surface area (Å²) in [5.41, 5.74) is 2.85. The Morgan fingerprint density at radius 2 is 1.60 bits per heavy atom. The topological polar surface area (TPSA) is 75.5 Å². The van der Waals surface area contributed by atoms with Crippen LogP contribution in [0.5, 0.6) is 0 Å². The van der Waals surface area contributed by atoms with E-state index >= 15 is 0 Å². The van der Waals surface area contributed by atoms with Gasteiger partial charge in [-0.1, -0.05) is 66.2 Å². The van der Waals surface area contributed by atoms with E-state index in [1.165, 1.54) is 4.31 Å². The van der Waals surface area contributed by atoms with Gasteiger partial charge in [0.05, 0.1) is 11.2 Å². The van der Waals surface area contributed by atoms with Crippen molar-refractivity contribution in [3.63, 3.8) is 0 Å². The van der Waals surface area contributed by atoms with E-state index in [9.17, 15) is 13.2 Å². The maximum atomic E-state index is 14.0. The average molecular weight is 571 g/mol. The molecule has 40 heavy (non-hydrogen) atoms. The van der Waals surface area contributed by atoms with E-state index in [0.29, 0.717) is 18.1 Å². The number of rotatable bonds is 7. The van der Waals surface area contributed by atoms with Crippen molar-refractivity contribution in [1.82, 2.24) is 18.8 Å². The first-order valence-electron chi connectivity index (χ1n) is 13.0. The van der Waals surface area contributed by atoms with Crippen molar-refractivity contribution in [2.45, 2.75) is 23.9 Å². The van der Waals surface area contributed by atoms with Crippen molar-refractivity contribution in [3.05, 3.63) is 126 Å². The molecular weight excluding hydrogens is 544 g/mol. The first-order chi connectivity index (χ1) is 19.4. The molecule has 2 heterocycles. The Bertz CT molecular complexity index is 1760. The maximum absolute atomic E-state index is 14.0. The summed E-state index contributed by atoms with van der Waals surface area (Å²) in [5.74, 6) is -0.204. The Morgan fingerprint density at radius 3 is 2.35 bits per heavy atom. The van der Waals surface area contributed by atoms with Crippen molar-refractivity contribution in [2.24, 2.45) is 0 Å². The molecule has 0 aliphatic carbocycles.